The second kappa shape index (κ2) is 16.8. The highest BCUT2D eigenvalue weighted by molar-refractivity contribution is 6.10. The molecule has 0 aliphatic rings. The number of nitrogens with zero attached hydrogens (tertiary/aromatic N) is 1. The summed E-state index contributed by atoms with van der Waals surface area (Å²) in [6.07, 6.45) is 12.9. The summed E-state index contributed by atoms with van der Waals surface area (Å²) in [7, 11) is 3.02. The first-order valence-electron chi connectivity index (χ1n) is 12.5. The average Bonchev–Trinajstić information content (AvgIpc) is 2.94. The van der Waals surface area contributed by atoms with Gasteiger partial charge in [-0.3, -0.25) is 9.59 Å². The Labute approximate surface area is 240 Å². The van der Waals surface area contributed by atoms with E-state index >= 15 is 0 Å². The van der Waals surface area contributed by atoms with Crippen molar-refractivity contribution in [3.05, 3.63) is 90.3 Å². The largest absolute Gasteiger partial charge is 1.00 e. The molecule has 0 aliphatic carbocycles. The number of aryl methyl sites for hydroxylation is 1. The minimum absolute atomic E-state index is 0. The molecule has 0 fully saturated rings. The Morgan fingerprint density at radius 2 is 1.41 bits per heavy atom. The summed E-state index contributed by atoms with van der Waals surface area (Å²) in [5.41, 5.74) is 1.44. The summed E-state index contributed by atoms with van der Waals surface area (Å²) in [4.78, 5) is 24.5. The van der Waals surface area contributed by atoms with Crippen LogP contribution in [-0.4, -0.2) is 37.5 Å². The summed E-state index contributed by atoms with van der Waals surface area (Å²) < 4.78 is 18.6. The third-order valence-corrected chi connectivity index (χ3v) is 5.76. The molecule has 8 heteroatoms. The Morgan fingerprint density at radius 3 is 2.05 bits per heavy atom. The normalized spacial score (nSPS) is 10.8. The van der Waals surface area contributed by atoms with Gasteiger partial charge in [0.15, 0.2) is 47.0 Å². The molecule has 1 aromatic heterocycles. The van der Waals surface area contributed by atoms with E-state index in [4.69, 9.17) is 14.2 Å². The van der Waals surface area contributed by atoms with Crippen LogP contribution in [0.2, 0.25) is 0 Å². The minimum atomic E-state index is -0.324. The molecule has 1 N–H and O–H groups in total. The molecule has 0 bridgehead atoms. The lowest BCUT2D eigenvalue weighted by Crippen LogP contribution is -3.00. The number of carbonyl (C=O) groups excluding carboxylic acids is 2. The number of phenols is 1. The second-order valence-corrected chi connectivity index (χ2v) is 8.64. The van der Waals surface area contributed by atoms with Crippen molar-refractivity contribution in [3.8, 4) is 23.0 Å². The van der Waals surface area contributed by atoms with Crippen LogP contribution in [0.25, 0.3) is 12.2 Å². The van der Waals surface area contributed by atoms with E-state index in [0.717, 1.165) is 31.4 Å². The number of rotatable bonds is 15. The van der Waals surface area contributed by atoms with Crippen LogP contribution in [0, 0.1) is 0 Å². The van der Waals surface area contributed by atoms with E-state index < -0.39 is 0 Å². The standard InChI is InChI=1S/C31H33NO6.BrH/c1-36-30-21-24(11-15-28(30)35)9-13-26(33)23-27(34)14-10-25-12-16-29(31(22-25)37-2)38-20-8-4-7-19-32-17-5-3-6-18-32;/h3,5-6,9-18,21-22H,4,7-8,19-20,23H2,1-2H3;1H/b14-10+;. The van der Waals surface area contributed by atoms with E-state index in [1.807, 2.05) is 30.3 Å². The van der Waals surface area contributed by atoms with Crippen LogP contribution < -0.4 is 35.8 Å². The number of aromatic nitrogens is 1. The van der Waals surface area contributed by atoms with Crippen LogP contribution >= 0.6 is 0 Å². The summed E-state index contributed by atoms with van der Waals surface area (Å²) >= 11 is 0. The fourth-order valence-electron chi connectivity index (χ4n) is 3.71. The van der Waals surface area contributed by atoms with E-state index in [1.54, 1.807) is 37.5 Å². The Morgan fingerprint density at radius 1 is 0.795 bits per heavy atom. The Hall–Kier alpha value is -3.91. The molecule has 2 aromatic carbocycles. The van der Waals surface area contributed by atoms with Crippen molar-refractivity contribution in [2.45, 2.75) is 32.2 Å². The predicted octanol–water partition coefficient (Wildman–Crippen LogP) is 2.21. The van der Waals surface area contributed by atoms with Gasteiger partial charge in [0.2, 0.25) is 0 Å². The van der Waals surface area contributed by atoms with Crippen LogP contribution in [0.5, 0.6) is 23.0 Å². The Kier molecular flexibility index (Phi) is 13.5. The van der Waals surface area contributed by atoms with Crippen molar-refractivity contribution < 1.29 is 50.5 Å². The van der Waals surface area contributed by atoms with E-state index in [2.05, 4.69) is 17.0 Å². The van der Waals surface area contributed by atoms with Crippen molar-refractivity contribution in [2.24, 2.45) is 0 Å². The molecule has 1 heterocycles. The lowest BCUT2D eigenvalue weighted by atomic mass is 10.1. The monoisotopic (exact) mass is 595 g/mol. The van der Waals surface area contributed by atoms with Gasteiger partial charge in [0, 0.05) is 18.6 Å². The number of pyridine rings is 1. The number of hydrogen-bond acceptors (Lipinski definition) is 6. The van der Waals surface area contributed by atoms with Gasteiger partial charge in [0.25, 0.3) is 0 Å². The quantitative estimate of drug-likeness (QED) is 0.125. The summed E-state index contributed by atoms with van der Waals surface area (Å²) in [5, 5.41) is 9.65. The molecule has 0 atom stereocenters. The molecule has 3 aromatic rings. The molecule has 0 unspecified atom stereocenters. The molecule has 3 rings (SSSR count). The van der Waals surface area contributed by atoms with Gasteiger partial charge in [-0.25, -0.2) is 4.57 Å². The highest BCUT2D eigenvalue weighted by Gasteiger charge is 2.08. The third-order valence-electron chi connectivity index (χ3n) is 5.76. The SMILES string of the molecule is COc1cc(/C=C/C(=O)CC(=O)/C=C/c2ccc(OCCCCC[n+]3ccccc3)c(OC)c2)ccc1O.[Br-]. The van der Waals surface area contributed by atoms with Crippen LogP contribution in [0.4, 0.5) is 0 Å². The molecule has 7 nitrogen and oxygen atoms in total. The first kappa shape index (κ1) is 31.3. The molecular formula is C31H34BrNO6. The number of ketones is 2. The number of methoxy groups -OCH3 is 2. The van der Waals surface area contributed by atoms with Crippen LogP contribution in [-0.2, 0) is 16.1 Å². The molecule has 0 saturated carbocycles. The second-order valence-electron chi connectivity index (χ2n) is 8.64. The van der Waals surface area contributed by atoms with Crippen molar-refractivity contribution in [2.75, 3.05) is 20.8 Å². The highest BCUT2D eigenvalue weighted by atomic mass is 79.9. The number of halogens is 1. The molecule has 0 saturated heterocycles. The molecule has 0 radical (unpaired) electrons. The van der Waals surface area contributed by atoms with Gasteiger partial charge in [0.1, 0.15) is 6.54 Å². The predicted molar refractivity (Wildman–Crippen MR) is 146 cm³/mol. The molecular weight excluding hydrogens is 562 g/mol. The Bertz CT molecular complexity index is 1270. The zero-order chi connectivity index (χ0) is 27.2. The zero-order valence-corrected chi connectivity index (χ0v) is 23.8. The van der Waals surface area contributed by atoms with Crippen LogP contribution in [0.3, 0.4) is 0 Å². The number of ether oxygens (including phenoxy) is 3. The maximum absolute atomic E-state index is 12.3. The molecule has 0 aliphatic heterocycles. The first-order chi connectivity index (χ1) is 18.5. The molecule has 0 amide bonds. The fourth-order valence-corrected chi connectivity index (χ4v) is 3.71. The van der Waals surface area contributed by atoms with Gasteiger partial charge in [-0.05, 0) is 60.4 Å². The number of aromatic hydroxyl groups is 1. The van der Waals surface area contributed by atoms with Gasteiger partial charge < -0.3 is 36.3 Å². The number of hydrogen-bond donors (Lipinski definition) is 1. The first-order valence-corrected chi connectivity index (χ1v) is 12.5. The van der Waals surface area contributed by atoms with E-state index in [9.17, 15) is 14.7 Å². The highest BCUT2D eigenvalue weighted by Crippen LogP contribution is 2.29. The van der Waals surface area contributed by atoms with Gasteiger partial charge in [-0.2, -0.15) is 0 Å². The zero-order valence-electron chi connectivity index (χ0n) is 22.2. The summed E-state index contributed by atoms with van der Waals surface area (Å²) in [5.74, 6) is 0.929. The number of benzene rings is 2. The molecule has 0 spiro atoms. The smallest absolute Gasteiger partial charge is 0.168 e. The van der Waals surface area contributed by atoms with Gasteiger partial charge in [-0.15, -0.1) is 0 Å². The maximum Gasteiger partial charge on any atom is 0.168 e. The number of carbonyl (C=O) groups is 2. The number of unbranched alkanes of at least 4 members (excludes halogenated alkanes) is 2. The van der Waals surface area contributed by atoms with Crippen LogP contribution in [0.1, 0.15) is 36.8 Å². The van der Waals surface area contributed by atoms with Crippen molar-refractivity contribution in [1.29, 1.82) is 0 Å². The maximum atomic E-state index is 12.3. The van der Waals surface area contributed by atoms with E-state index in [0.29, 0.717) is 29.4 Å². The van der Waals surface area contributed by atoms with Crippen molar-refractivity contribution in [3.63, 3.8) is 0 Å². The van der Waals surface area contributed by atoms with Gasteiger partial charge in [0.05, 0.1) is 27.2 Å². The molecule has 39 heavy (non-hydrogen) atoms. The van der Waals surface area contributed by atoms with Gasteiger partial charge in [-0.1, -0.05) is 30.4 Å². The number of phenolic OH excluding ortho intramolecular Hbond substituents is 1. The van der Waals surface area contributed by atoms with Crippen LogP contribution in [0.15, 0.2) is 79.1 Å². The topological polar surface area (TPSA) is 85.9 Å². The van der Waals surface area contributed by atoms with Crippen molar-refractivity contribution in [1.82, 2.24) is 0 Å². The lowest BCUT2D eigenvalue weighted by Gasteiger charge is -2.11. The Balaban J connectivity index is 0.00000533. The third kappa shape index (κ3) is 10.8. The summed E-state index contributed by atoms with van der Waals surface area (Å²) in [6.45, 7) is 1.58. The van der Waals surface area contributed by atoms with E-state index in [1.165, 1.54) is 25.3 Å². The lowest BCUT2D eigenvalue weighted by molar-refractivity contribution is -0.697. The minimum Gasteiger partial charge on any atom is -1.00 e. The average molecular weight is 597 g/mol. The fraction of sp³-hybridized carbons (Fsp3) is 0.258. The van der Waals surface area contributed by atoms with Gasteiger partial charge >= 0.3 is 0 Å². The number of allylic oxidation sites excluding steroid dienone is 2. The van der Waals surface area contributed by atoms with Crippen molar-refractivity contribution >= 4 is 23.7 Å². The summed E-state index contributed by atoms with van der Waals surface area (Å²) in [6, 6.07) is 16.3. The van der Waals surface area contributed by atoms with E-state index in [-0.39, 0.29) is 40.7 Å². The molecule has 206 valence electrons.